The summed E-state index contributed by atoms with van der Waals surface area (Å²) in [4.78, 5) is 24.3. The molecule has 0 aliphatic heterocycles. The molecule has 0 atom stereocenters. The monoisotopic (exact) mass is 371 g/mol. The molecular formula is C20H18FNO5. The number of rotatable bonds is 5. The van der Waals surface area contributed by atoms with Crippen LogP contribution in [0.25, 0.3) is 11.0 Å². The highest BCUT2D eigenvalue weighted by Crippen LogP contribution is 2.26. The molecule has 1 aromatic heterocycles. The molecule has 27 heavy (non-hydrogen) atoms. The van der Waals surface area contributed by atoms with Gasteiger partial charge in [-0.3, -0.25) is 4.79 Å². The zero-order chi connectivity index (χ0) is 19.6. The minimum absolute atomic E-state index is 0.123. The predicted octanol–water partition coefficient (Wildman–Crippen LogP) is 3.61. The third kappa shape index (κ3) is 3.62. The van der Waals surface area contributed by atoms with Gasteiger partial charge in [0.15, 0.2) is 5.76 Å². The first-order valence-corrected chi connectivity index (χ1v) is 8.16. The van der Waals surface area contributed by atoms with Gasteiger partial charge in [-0.2, -0.15) is 0 Å². The van der Waals surface area contributed by atoms with Crippen molar-refractivity contribution in [3.8, 4) is 5.75 Å². The van der Waals surface area contributed by atoms with Crippen molar-refractivity contribution in [1.82, 2.24) is 5.32 Å². The van der Waals surface area contributed by atoms with Crippen LogP contribution in [0.1, 0.15) is 32.0 Å². The second kappa shape index (κ2) is 7.49. The maximum Gasteiger partial charge on any atom is 0.341 e. The smallest absolute Gasteiger partial charge is 0.341 e. The Balaban J connectivity index is 1.80. The molecule has 1 amide bonds. The van der Waals surface area contributed by atoms with Crippen molar-refractivity contribution in [3.63, 3.8) is 0 Å². The van der Waals surface area contributed by atoms with E-state index in [1.807, 2.05) is 0 Å². The molecule has 0 bridgehead atoms. The number of furan rings is 1. The van der Waals surface area contributed by atoms with Crippen LogP contribution < -0.4 is 10.1 Å². The van der Waals surface area contributed by atoms with Gasteiger partial charge in [-0.25, -0.2) is 9.18 Å². The Bertz CT molecular complexity index is 1020. The molecule has 0 saturated carbocycles. The number of halogens is 1. The molecule has 0 aliphatic carbocycles. The number of methoxy groups -OCH3 is 2. The maximum atomic E-state index is 13.4. The van der Waals surface area contributed by atoms with E-state index in [2.05, 4.69) is 5.32 Å². The number of esters is 1. The highest BCUT2D eigenvalue weighted by Gasteiger charge is 2.19. The molecule has 0 unspecified atom stereocenters. The SMILES string of the molecule is COC(=O)c1cc(CNC(=O)c2oc3ccc(F)cc3c2C)ccc1OC. The number of amides is 1. The first-order valence-electron chi connectivity index (χ1n) is 8.16. The van der Waals surface area contributed by atoms with Crippen LogP contribution in [0, 0.1) is 12.7 Å². The van der Waals surface area contributed by atoms with Crippen LogP contribution in [0.4, 0.5) is 4.39 Å². The summed E-state index contributed by atoms with van der Waals surface area (Å²) in [5.41, 5.74) is 1.95. The Morgan fingerprint density at radius 1 is 1.15 bits per heavy atom. The number of carbonyl (C=O) groups is 2. The lowest BCUT2D eigenvalue weighted by Crippen LogP contribution is -2.23. The molecule has 7 heteroatoms. The Labute approximate surface area is 154 Å². The number of nitrogens with one attached hydrogen (secondary N) is 1. The lowest BCUT2D eigenvalue weighted by atomic mass is 10.1. The van der Waals surface area contributed by atoms with E-state index in [-0.39, 0.29) is 17.9 Å². The number of ether oxygens (including phenoxy) is 2. The Morgan fingerprint density at radius 3 is 2.63 bits per heavy atom. The highest BCUT2D eigenvalue weighted by molar-refractivity contribution is 5.99. The lowest BCUT2D eigenvalue weighted by Gasteiger charge is -2.10. The van der Waals surface area contributed by atoms with Crippen LogP contribution in [-0.2, 0) is 11.3 Å². The van der Waals surface area contributed by atoms with E-state index >= 15 is 0 Å². The van der Waals surface area contributed by atoms with Gasteiger partial charge >= 0.3 is 5.97 Å². The van der Waals surface area contributed by atoms with Crippen molar-refractivity contribution in [2.45, 2.75) is 13.5 Å². The van der Waals surface area contributed by atoms with Gasteiger partial charge in [-0.05, 0) is 42.8 Å². The number of benzene rings is 2. The molecular weight excluding hydrogens is 353 g/mol. The van der Waals surface area contributed by atoms with Crippen LogP contribution in [0.5, 0.6) is 5.75 Å². The number of hydrogen-bond donors (Lipinski definition) is 1. The van der Waals surface area contributed by atoms with Crippen LogP contribution in [0.3, 0.4) is 0 Å². The largest absolute Gasteiger partial charge is 0.496 e. The summed E-state index contributed by atoms with van der Waals surface area (Å²) in [6.45, 7) is 1.86. The molecule has 0 fully saturated rings. The zero-order valence-electron chi connectivity index (χ0n) is 15.1. The third-order valence-corrected chi connectivity index (χ3v) is 4.23. The van der Waals surface area contributed by atoms with E-state index in [4.69, 9.17) is 13.9 Å². The molecule has 140 valence electrons. The van der Waals surface area contributed by atoms with E-state index in [0.29, 0.717) is 27.8 Å². The quantitative estimate of drug-likeness (QED) is 0.694. The Kier molecular flexibility index (Phi) is 5.12. The fourth-order valence-corrected chi connectivity index (χ4v) is 2.81. The van der Waals surface area contributed by atoms with Crippen LogP contribution in [0.2, 0.25) is 0 Å². The molecule has 3 aromatic rings. The molecule has 3 rings (SSSR count). The molecule has 0 spiro atoms. The van der Waals surface area contributed by atoms with E-state index < -0.39 is 17.7 Å². The summed E-state index contributed by atoms with van der Waals surface area (Å²) < 4.78 is 28.8. The average Bonchev–Trinajstić information content (AvgIpc) is 3.01. The fraction of sp³-hybridized carbons (Fsp3) is 0.200. The molecule has 0 aliphatic rings. The summed E-state index contributed by atoms with van der Waals surface area (Å²) in [5, 5.41) is 3.29. The summed E-state index contributed by atoms with van der Waals surface area (Å²) in [6.07, 6.45) is 0. The summed E-state index contributed by atoms with van der Waals surface area (Å²) in [7, 11) is 2.74. The fourth-order valence-electron chi connectivity index (χ4n) is 2.81. The van der Waals surface area contributed by atoms with Gasteiger partial charge in [0.1, 0.15) is 22.7 Å². The van der Waals surface area contributed by atoms with E-state index in [1.165, 1.54) is 32.4 Å². The predicted molar refractivity (Wildman–Crippen MR) is 96.4 cm³/mol. The summed E-state index contributed by atoms with van der Waals surface area (Å²) >= 11 is 0. The minimum atomic E-state index is -0.532. The third-order valence-electron chi connectivity index (χ3n) is 4.23. The summed E-state index contributed by atoms with van der Waals surface area (Å²) in [6, 6.07) is 9.04. The van der Waals surface area contributed by atoms with Crippen LogP contribution in [-0.4, -0.2) is 26.1 Å². The maximum absolute atomic E-state index is 13.4. The van der Waals surface area contributed by atoms with Gasteiger partial charge < -0.3 is 19.2 Å². The van der Waals surface area contributed by atoms with Gasteiger partial charge in [0.05, 0.1) is 14.2 Å². The van der Waals surface area contributed by atoms with Crippen LogP contribution >= 0.6 is 0 Å². The van der Waals surface area contributed by atoms with Crippen molar-refractivity contribution in [1.29, 1.82) is 0 Å². The second-order valence-corrected chi connectivity index (χ2v) is 5.91. The number of aryl methyl sites for hydroxylation is 1. The first-order chi connectivity index (χ1) is 12.9. The number of hydrogen-bond acceptors (Lipinski definition) is 5. The standard InChI is InChI=1S/C20H18FNO5/c1-11-14-9-13(21)5-7-17(14)27-18(11)19(23)22-10-12-4-6-16(25-2)15(8-12)20(24)26-3/h4-9H,10H2,1-3H3,(H,22,23). The van der Waals surface area contributed by atoms with Crippen molar-refractivity contribution in [2.75, 3.05) is 14.2 Å². The number of carbonyl (C=O) groups excluding carboxylic acids is 2. The van der Waals surface area contributed by atoms with E-state index in [0.717, 1.165) is 0 Å². The second-order valence-electron chi connectivity index (χ2n) is 5.91. The topological polar surface area (TPSA) is 77.8 Å². The Hall–Kier alpha value is -3.35. The average molecular weight is 371 g/mol. The molecule has 0 radical (unpaired) electrons. The molecule has 0 saturated heterocycles. The van der Waals surface area contributed by atoms with Crippen LogP contribution in [0.15, 0.2) is 40.8 Å². The molecule has 6 nitrogen and oxygen atoms in total. The zero-order valence-corrected chi connectivity index (χ0v) is 15.1. The van der Waals surface area contributed by atoms with Crippen molar-refractivity contribution < 1.29 is 27.9 Å². The van der Waals surface area contributed by atoms with Gasteiger partial charge in [0, 0.05) is 17.5 Å². The van der Waals surface area contributed by atoms with Gasteiger partial charge in [0.25, 0.3) is 5.91 Å². The van der Waals surface area contributed by atoms with Gasteiger partial charge in [-0.1, -0.05) is 6.07 Å². The van der Waals surface area contributed by atoms with Crippen molar-refractivity contribution >= 4 is 22.8 Å². The Morgan fingerprint density at radius 2 is 1.93 bits per heavy atom. The molecule has 1 N–H and O–H groups in total. The van der Waals surface area contributed by atoms with E-state index in [9.17, 15) is 14.0 Å². The van der Waals surface area contributed by atoms with Gasteiger partial charge in [-0.15, -0.1) is 0 Å². The molecule has 1 heterocycles. The summed E-state index contributed by atoms with van der Waals surface area (Å²) in [5.74, 6) is -0.856. The van der Waals surface area contributed by atoms with E-state index in [1.54, 1.807) is 25.1 Å². The normalized spacial score (nSPS) is 10.7. The van der Waals surface area contributed by atoms with Crippen molar-refractivity contribution in [2.24, 2.45) is 0 Å². The number of fused-ring (bicyclic) bond motifs is 1. The lowest BCUT2D eigenvalue weighted by molar-refractivity contribution is 0.0597. The van der Waals surface area contributed by atoms with Gasteiger partial charge in [0.2, 0.25) is 0 Å². The van der Waals surface area contributed by atoms with Crippen molar-refractivity contribution in [3.05, 3.63) is 64.7 Å². The minimum Gasteiger partial charge on any atom is -0.496 e. The highest BCUT2D eigenvalue weighted by atomic mass is 19.1. The molecule has 2 aromatic carbocycles. The first kappa shape index (κ1) is 18.4.